The standard InChI is InChI=1S/C25H33N3O2S/c1-18(2)28(17-22-10-7-6-8-11-22)15-9-14-26-25-21(5)24(31(29,30)27-25)23-13-12-19(3)20(4)16-23/h6-8,10-13,16,18H,9,14-15,17H2,1-5H3,(H,26,27). The molecule has 0 unspecified atom stereocenters. The van der Waals surface area contributed by atoms with Crippen molar-refractivity contribution in [1.82, 2.24) is 9.62 Å². The van der Waals surface area contributed by atoms with Gasteiger partial charge in [0.25, 0.3) is 10.0 Å². The number of benzene rings is 2. The van der Waals surface area contributed by atoms with Gasteiger partial charge in [-0.05, 0) is 63.3 Å². The summed E-state index contributed by atoms with van der Waals surface area (Å²) in [5, 5.41) is 0. The first-order valence-electron chi connectivity index (χ1n) is 10.8. The SMILES string of the molecule is CC1=C(c2ccc(C)c(C)c2)S(=O)(=O)NC1=NCCCN(Cc1ccccc1)C(C)C. The molecule has 0 saturated heterocycles. The molecule has 2 aromatic rings. The zero-order chi connectivity index (χ0) is 22.6. The van der Waals surface area contributed by atoms with E-state index >= 15 is 0 Å². The van der Waals surface area contributed by atoms with Crippen LogP contribution >= 0.6 is 0 Å². The summed E-state index contributed by atoms with van der Waals surface area (Å²) in [6.45, 7) is 12.6. The van der Waals surface area contributed by atoms with E-state index in [2.05, 4.69) is 52.7 Å². The Hall–Kier alpha value is -2.44. The molecule has 0 spiro atoms. The number of amidine groups is 1. The number of nitrogens with zero attached hydrogens (tertiary/aromatic N) is 2. The Morgan fingerprint density at radius 2 is 1.71 bits per heavy atom. The monoisotopic (exact) mass is 439 g/mol. The van der Waals surface area contributed by atoms with Gasteiger partial charge < -0.3 is 0 Å². The molecule has 0 aromatic heterocycles. The van der Waals surface area contributed by atoms with Crippen molar-refractivity contribution in [1.29, 1.82) is 0 Å². The smallest absolute Gasteiger partial charge is 0.264 e. The normalized spacial score (nSPS) is 17.1. The van der Waals surface area contributed by atoms with Crippen molar-refractivity contribution in [2.45, 2.75) is 53.6 Å². The summed E-state index contributed by atoms with van der Waals surface area (Å²) < 4.78 is 28.2. The summed E-state index contributed by atoms with van der Waals surface area (Å²) in [5.74, 6) is 0.465. The molecule has 2 aromatic carbocycles. The second-order valence-corrected chi connectivity index (χ2v) is 10.1. The van der Waals surface area contributed by atoms with Gasteiger partial charge in [0.2, 0.25) is 0 Å². The molecule has 31 heavy (non-hydrogen) atoms. The number of hydrogen-bond acceptors (Lipinski definition) is 4. The van der Waals surface area contributed by atoms with E-state index in [9.17, 15) is 8.42 Å². The van der Waals surface area contributed by atoms with Gasteiger partial charge in [-0.25, -0.2) is 8.42 Å². The number of rotatable bonds is 8. The van der Waals surface area contributed by atoms with Crippen LogP contribution in [0.25, 0.3) is 4.91 Å². The Balaban J connectivity index is 1.69. The summed E-state index contributed by atoms with van der Waals surface area (Å²) in [7, 11) is -3.59. The van der Waals surface area contributed by atoms with Crippen molar-refractivity contribution < 1.29 is 8.42 Å². The van der Waals surface area contributed by atoms with Crippen LogP contribution in [-0.2, 0) is 16.6 Å². The van der Waals surface area contributed by atoms with E-state index < -0.39 is 10.0 Å². The van der Waals surface area contributed by atoms with E-state index in [1.807, 2.05) is 45.0 Å². The molecular formula is C25H33N3O2S. The highest BCUT2D eigenvalue weighted by molar-refractivity contribution is 8.00. The van der Waals surface area contributed by atoms with E-state index in [-0.39, 0.29) is 0 Å². The van der Waals surface area contributed by atoms with Crippen molar-refractivity contribution in [2.75, 3.05) is 13.1 Å². The topological polar surface area (TPSA) is 61.8 Å². The molecule has 1 N–H and O–H groups in total. The van der Waals surface area contributed by atoms with E-state index in [0.29, 0.717) is 34.5 Å². The molecule has 0 aliphatic carbocycles. The molecule has 0 radical (unpaired) electrons. The second kappa shape index (κ2) is 9.79. The van der Waals surface area contributed by atoms with Gasteiger partial charge in [-0.1, -0.05) is 48.5 Å². The van der Waals surface area contributed by atoms with Crippen LogP contribution in [0, 0.1) is 13.8 Å². The van der Waals surface area contributed by atoms with Crippen LogP contribution in [0.2, 0.25) is 0 Å². The fourth-order valence-corrected chi connectivity index (χ4v) is 5.28. The van der Waals surface area contributed by atoms with Crippen molar-refractivity contribution >= 4 is 20.8 Å². The molecule has 0 fully saturated rings. The number of aliphatic imine (C=N–C) groups is 1. The summed E-state index contributed by atoms with van der Waals surface area (Å²) in [6, 6.07) is 16.6. The van der Waals surface area contributed by atoms with Gasteiger partial charge in [0.05, 0.1) is 0 Å². The van der Waals surface area contributed by atoms with Gasteiger partial charge in [0.15, 0.2) is 0 Å². The fraction of sp³-hybridized carbons (Fsp3) is 0.400. The third-order valence-electron chi connectivity index (χ3n) is 5.80. The lowest BCUT2D eigenvalue weighted by molar-refractivity contribution is 0.211. The first-order chi connectivity index (χ1) is 14.7. The van der Waals surface area contributed by atoms with Gasteiger partial charge in [-0.15, -0.1) is 0 Å². The van der Waals surface area contributed by atoms with Gasteiger partial charge in [0, 0.05) is 31.2 Å². The van der Waals surface area contributed by atoms with E-state index in [0.717, 1.165) is 30.6 Å². The number of aryl methyl sites for hydroxylation is 2. The Kier molecular flexibility index (Phi) is 7.34. The average Bonchev–Trinajstić information content (AvgIpc) is 2.95. The van der Waals surface area contributed by atoms with Crippen LogP contribution in [0.5, 0.6) is 0 Å². The molecule has 0 saturated carbocycles. The molecule has 0 amide bonds. The zero-order valence-electron chi connectivity index (χ0n) is 19.1. The third-order valence-corrected chi connectivity index (χ3v) is 7.34. The number of hydrogen-bond donors (Lipinski definition) is 1. The third kappa shape index (κ3) is 5.63. The van der Waals surface area contributed by atoms with Crippen LogP contribution in [0.1, 0.15) is 49.4 Å². The first-order valence-corrected chi connectivity index (χ1v) is 12.3. The van der Waals surface area contributed by atoms with Gasteiger partial charge in [-0.2, -0.15) is 0 Å². The summed E-state index contributed by atoms with van der Waals surface area (Å²) in [5.41, 5.74) is 4.92. The molecular weight excluding hydrogens is 406 g/mol. The van der Waals surface area contributed by atoms with Crippen LogP contribution in [0.3, 0.4) is 0 Å². The largest absolute Gasteiger partial charge is 0.297 e. The quantitative estimate of drug-likeness (QED) is 0.608. The molecule has 3 rings (SSSR count). The molecule has 1 heterocycles. The lowest BCUT2D eigenvalue weighted by Crippen LogP contribution is -2.31. The highest BCUT2D eigenvalue weighted by Crippen LogP contribution is 2.30. The summed E-state index contributed by atoms with van der Waals surface area (Å²) in [6.07, 6.45) is 0.864. The van der Waals surface area contributed by atoms with Crippen LogP contribution in [-0.4, -0.2) is 38.3 Å². The average molecular weight is 440 g/mol. The molecule has 166 valence electrons. The first kappa shape index (κ1) is 23.2. The highest BCUT2D eigenvalue weighted by Gasteiger charge is 2.32. The van der Waals surface area contributed by atoms with Crippen molar-refractivity contribution in [2.24, 2.45) is 4.99 Å². The van der Waals surface area contributed by atoms with Crippen LogP contribution in [0.15, 0.2) is 59.1 Å². The molecule has 1 aliphatic rings. The summed E-state index contributed by atoms with van der Waals surface area (Å²) in [4.78, 5) is 7.35. The minimum absolute atomic E-state index is 0.335. The second-order valence-electron chi connectivity index (χ2n) is 8.49. The number of sulfonamides is 1. The van der Waals surface area contributed by atoms with E-state index in [4.69, 9.17) is 0 Å². The lowest BCUT2D eigenvalue weighted by Gasteiger charge is -2.26. The molecule has 6 heteroatoms. The number of nitrogens with one attached hydrogen (secondary N) is 1. The van der Waals surface area contributed by atoms with E-state index in [1.54, 1.807) is 0 Å². The van der Waals surface area contributed by atoms with Crippen molar-refractivity contribution in [3.8, 4) is 0 Å². The predicted octanol–water partition coefficient (Wildman–Crippen LogP) is 4.67. The summed E-state index contributed by atoms with van der Waals surface area (Å²) >= 11 is 0. The zero-order valence-corrected chi connectivity index (χ0v) is 20.0. The maximum atomic E-state index is 12.8. The molecule has 1 aliphatic heterocycles. The Morgan fingerprint density at radius 1 is 1.00 bits per heavy atom. The minimum atomic E-state index is -3.59. The Morgan fingerprint density at radius 3 is 2.35 bits per heavy atom. The van der Waals surface area contributed by atoms with Gasteiger partial charge in [0.1, 0.15) is 10.7 Å². The fourth-order valence-electron chi connectivity index (χ4n) is 3.77. The minimum Gasteiger partial charge on any atom is -0.297 e. The van der Waals surface area contributed by atoms with Crippen LogP contribution < -0.4 is 4.72 Å². The maximum absolute atomic E-state index is 12.8. The van der Waals surface area contributed by atoms with Crippen LogP contribution in [0.4, 0.5) is 0 Å². The molecule has 5 nitrogen and oxygen atoms in total. The maximum Gasteiger partial charge on any atom is 0.264 e. The van der Waals surface area contributed by atoms with Gasteiger partial charge >= 0.3 is 0 Å². The van der Waals surface area contributed by atoms with Crippen molar-refractivity contribution in [3.05, 3.63) is 76.4 Å². The van der Waals surface area contributed by atoms with Crippen molar-refractivity contribution in [3.63, 3.8) is 0 Å². The van der Waals surface area contributed by atoms with Gasteiger partial charge in [-0.3, -0.25) is 14.6 Å². The molecule has 0 atom stereocenters. The van der Waals surface area contributed by atoms with E-state index in [1.165, 1.54) is 5.56 Å². The Labute approximate surface area is 187 Å². The highest BCUT2D eigenvalue weighted by atomic mass is 32.2. The lowest BCUT2D eigenvalue weighted by atomic mass is 10.0. The predicted molar refractivity (Wildman–Crippen MR) is 129 cm³/mol. The molecule has 0 bridgehead atoms. The Bertz CT molecular complexity index is 1090.